The van der Waals surface area contributed by atoms with E-state index in [4.69, 9.17) is 4.74 Å². The number of fused-ring (bicyclic) bond motifs is 1. The van der Waals surface area contributed by atoms with Crippen LogP contribution in [-0.4, -0.2) is 29.2 Å². The number of nitrogens with zero attached hydrogens (tertiary/aromatic N) is 1. The summed E-state index contributed by atoms with van der Waals surface area (Å²) in [5.74, 6) is 1.10. The molecular formula is C17H27NO2. The van der Waals surface area contributed by atoms with Gasteiger partial charge < -0.3 is 9.84 Å². The van der Waals surface area contributed by atoms with Gasteiger partial charge in [-0.1, -0.05) is 25.8 Å². The summed E-state index contributed by atoms with van der Waals surface area (Å²) in [6.07, 6.45) is 4.74. The van der Waals surface area contributed by atoms with Crippen LogP contribution in [0.4, 0.5) is 0 Å². The maximum atomic E-state index is 9.66. The quantitative estimate of drug-likeness (QED) is 0.822. The maximum Gasteiger partial charge on any atom is 0.128 e. The van der Waals surface area contributed by atoms with Crippen LogP contribution in [0.5, 0.6) is 11.5 Å². The van der Waals surface area contributed by atoms with E-state index >= 15 is 0 Å². The molecule has 3 nitrogen and oxygen atoms in total. The summed E-state index contributed by atoms with van der Waals surface area (Å²) in [5, 5.41) is 9.66. The molecule has 0 radical (unpaired) electrons. The van der Waals surface area contributed by atoms with E-state index in [-0.39, 0.29) is 11.4 Å². The number of unbranched alkanes of at least 4 members (excludes halogenated alkanes) is 2. The first kappa shape index (κ1) is 15.2. The second-order valence-corrected chi connectivity index (χ2v) is 6.49. The number of ether oxygens (including phenoxy) is 1. The number of hydrogen-bond donors (Lipinski definition) is 1. The molecule has 1 heterocycles. The van der Waals surface area contributed by atoms with E-state index in [1.807, 2.05) is 6.07 Å². The number of aromatic hydroxyl groups is 1. The van der Waals surface area contributed by atoms with Crippen molar-refractivity contribution in [1.82, 2.24) is 4.90 Å². The third-order valence-electron chi connectivity index (χ3n) is 4.07. The molecule has 0 bridgehead atoms. The molecule has 20 heavy (non-hydrogen) atoms. The second kappa shape index (κ2) is 6.04. The minimum atomic E-state index is -0.190. The molecule has 0 spiro atoms. The summed E-state index contributed by atoms with van der Waals surface area (Å²) in [6, 6.07) is 5.86. The molecule has 0 saturated heterocycles. The highest BCUT2D eigenvalue weighted by atomic mass is 16.5. The highest BCUT2D eigenvalue weighted by molar-refractivity contribution is 5.44. The Morgan fingerprint density at radius 2 is 2.10 bits per heavy atom. The molecule has 2 rings (SSSR count). The molecule has 0 fully saturated rings. The van der Waals surface area contributed by atoms with E-state index in [1.54, 1.807) is 12.1 Å². The molecule has 1 aromatic carbocycles. The highest BCUT2D eigenvalue weighted by Gasteiger charge is 2.35. The van der Waals surface area contributed by atoms with Gasteiger partial charge >= 0.3 is 0 Å². The van der Waals surface area contributed by atoms with Gasteiger partial charge in [-0.15, -0.1) is 0 Å². The van der Waals surface area contributed by atoms with Crippen LogP contribution in [0.1, 0.15) is 58.1 Å². The van der Waals surface area contributed by atoms with E-state index in [0.29, 0.717) is 6.04 Å². The fraction of sp³-hybridized carbons (Fsp3) is 0.647. The van der Waals surface area contributed by atoms with Crippen molar-refractivity contribution >= 4 is 0 Å². The van der Waals surface area contributed by atoms with Crippen molar-refractivity contribution in [3.63, 3.8) is 0 Å². The zero-order chi connectivity index (χ0) is 14.8. The minimum Gasteiger partial charge on any atom is -0.508 e. The standard InChI is InChI=1S/C17H27NO2/c1-5-6-7-10-18(4)15-12-17(2,3)20-16-11-13(19)8-9-14(15)16/h8-9,11,15,19H,5-7,10,12H2,1-4H3. The van der Waals surface area contributed by atoms with Crippen molar-refractivity contribution in [2.24, 2.45) is 0 Å². The van der Waals surface area contributed by atoms with Crippen LogP contribution in [0.25, 0.3) is 0 Å². The van der Waals surface area contributed by atoms with E-state index < -0.39 is 0 Å². The van der Waals surface area contributed by atoms with Crippen LogP contribution in [-0.2, 0) is 0 Å². The Labute approximate surface area is 122 Å². The van der Waals surface area contributed by atoms with Crippen LogP contribution in [0, 0.1) is 0 Å². The topological polar surface area (TPSA) is 32.7 Å². The minimum absolute atomic E-state index is 0.190. The van der Waals surface area contributed by atoms with Crippen molar-refractivity contribution in [2.45, 2.75) is 58.1 Å². The van der Waals surface area contributed by atoms with Crippen LogP contribution >= 0.6 is 0 Å². The van der Waals surface area contributed by atoms with E-state index in [2.05, 4.69) is 32.7 Å². The van der Waals surface area contributed by atoms with Crippen LogP contribution in [0.3, 0.4) is 0 Å². The van der Waals surface area contributed by atoms with E-state index in [0.717, 1.165) is 18.7 Å². The predicted octanol–water partition coefficient (Wildman–Crippen LogP) is 4.12. The molecule has 1 aromatic rings. The Morgan fingerprint density at radius 3 is 2.80 bits per heavy atom. The van der Waals surface area contributed by atoms with Crippen molar-refractivity contribution in [1.29, 1.82) is 0 Å². The number of phenolic OH excluding ortho intramolecular Hbond substituents is 1. The molecule has 0 aliphatic carbocycles. The van der Waals surface area contributed by atoms with Gasteiger partial charge in [0.1, 0.15) is 17.1 Å². The molecule has 1 N–H and O–H groups in total. The lowest BCUT2D eigenvalue weighted by molar-refractivity contribution is 0.0367. The summed E-state index contributed by atoms with van der Waals surface area (Å²) in [6.45, 7) is 7.57. The Bertz CT molecular complexity index is 456. The third-order valence-corrected chi connectivity index (χ3v) is 4.07. The molecule has 3 heteroatoms. The van der Waals surface area contributed by atoms with E-state index in [1.165, 1.54) is 24.8 Å². The Hall–Kier alpha value is -1.22. The summed E-state index contributed by atoms with van der Waals surface area (Å²) in [7, 11) is 2.19. The summed E-state index contributed by atoms with van der Waals surface area (Å²) >= 11 is 0. The number of benzene rings is 1. The first-order chi connectivity index (χ1) is 9.43. The van der Waals surface area contributed by atoms with Gasteiger partial charge in [-0.2, -0.15) is 0 Å². The van der Waals surface area contributed by atoms with Gasteiger partial charge in [-0.25, -0.2) is 0 Å². The second-order valence-electron chi connectivity index (χ2n) is 6.49. The fourth-order valence-electron chi connectivity index (χ4n) is 2.96. The van der Waals surface area contributed by atoms with Gasteiger partial charge in [0.25, 0.3) is 0 Å². The lowest BCUT2D eigenvalue weighted by atomic mass is 9.88. The van der Waals surface area contributed by atoms with Gasteiger partial charge in [0.15, 0.2) is 0 Å². The van der Waals surface area contributed by atoms with Crippen LogP contribution in [0.15, 0.2) is 18.2 Å². The summed E-state index contributed by atoms with van der Waals surface area (Å²) in [4.78, 5) is 2.43. The molecule has 1 aliphatic rings. The third kappa shape index (κ3) is 3.45. The zero-order valence-electron chi connectivity index (χ0n) is 13.1. The molecule has 1 aliphatic heterocycles. The first-order valence-electron chi connectivity index (χ1n) is 7.65. The lowest BCUT2D eigenvalue weighted by Gasteiger charge is -2.41. The van der Waals surface area contributed by atoms with Crippen molar-refractivity contribution in [3.05, 3.63) is 23.8 Å². The fourth-order valence-corrected chi connectivity index (χ4v) is 2.96. The molecule has 1 unspecified atom stereocenters. The molecule has 0 amide bonds. The number of rotatable bonds is 5. The van der Waals surface area contributed by atoms with Gasteiger partial charge in [0.2, 0.25) is 0 Å². The van der Waals surface area contributed by atoms with E-state index in [9.17, 15) is 5.11 Å². The SMILES string of the molecule is CCCCCN(C)C1CC(C)(C)Oc2cc(O)ccc21. The molecule has 112 valence electrons. The zero-order valence-corrected chi connectivity index (χ0v) is 13.1. The Morgan fingerprint density at radius 1 is 1.35 bits per heavy atom. The lowest BCUT2D eigenvalue weighted by Crippen LogP contribution is -2.40. The van der Waals surface area contributed by atoms with Crippen molar-refractivity contribution < 1.29 is 9.84 Å². The first-order valence-corrected chi connectivity index (χ1v) is 7.65. The van der Waals surface area contributed by atoms with Gasteiger partial charge in [-0.05, 0) is 39.9 Å². The van der Waals surface area contributed by atoms with Crippen molar-refractivity contribution in [3.8, 4) is 11.5 Å². The average Bonchev–Trinajstić information content (AvgIpc) is 2.36. The van der Waals surface area contributed by atoms with Gasteiger partial charge in [0, 0.05) is 24.1 Å². The monoisotopic (exact) mass is 277 g/mol. The normalized spacial score (nSPS) is 20.6. The highest BCUT2D eigenvalue weighted by Crippen LogP contribution is 2.43. The summed E-state index contributed by atoms with van der Waals surface area (Å²) in [5.41, 5.74) is 1.01. The molecule has 0 aromatic heterocycles. The van der Waals surface area contributed by atoms with Crippen LogP contribution in [0.2, 0.25) is 0 Å². The number of hydrogen-bond acceptors (Lipinski definition) is 3. The Balaban J connectivity index is 2.20. The largest absolute Gasteiger partial charge is 0.508 e. The maximum absolute atomic E-state index is 9.66. The van der Waals surface area contributed by atoms with Gasteiger partial charge in [0.05, 0.1) is 0 Å². The molecule has 1 atom stereocenters. The molecule has 0 saturated carbocycles. The number of phenols is 1. The average molecular weight is 277 g/mol. The van der Waals surface area contributed by atoms with Crippen LogP contribution < -0.4 is 4.74 Å². The summed E-state index contributed by atoms with van der Waals surface area (Å²) < 4.78 is 6.02. The smallest absolute Gasteiger partial charge is 0.128 e. The molecular weight excluding hydrogens is 250 g/mol. The van der Waals surface area contributed by atoms with Crippen molar-refractivity contribution in [2.75, 3.05) is 13.6 Å². The van der Waals surface area contributed by atoms with Gasteiger partial charge in [-0.3, -0.25) is 4.90 Å². The predicted molar refractivity (Wildman–Crippen MR) is 82.3 cm³/mol. The Kier molecular flexibility index (Phi) is 4.59.